The van der Waals surface area contributed by atoms with Crippen LogP contribution in [0.5, 0.6) is 0 Å². The standard InChI is InChI=1S/C24H21ClN4O/c1-29(19-5-3-2-4-6-19)24-21(14-18(25)15-28-24)22(30)10-8-16-7-9-20-17(13-16)11-12-27-23(20)26/h2-7,9,11-15H,8,10H2,1H3,(H2,26,27). The summed E-state index contributed by atoms with van der Waals surface area (Å²) in [6.07, 6.45) is 4.21. The summed E-state index contributed by atoms with van der Waals surface area (Å²) in [5.41, 5.74) is 8.45. The fourth-order valence-corrected chi connectivity index (χ4v) is 3.64. The molecule has 6 heteroatoms. The summed E-state index contributed by atoms with van der Waals surface area (Å²) in [7, 11) is 1.89. The fourth-order valence-electron chi connectivity index (χ4n) is 3.48. The molecule has 0 aliphatic rings. The predicted molar refractivity (Wildman–Crippen MR) is 123 cm³/mol. The summed E-state index contributed by atoms with van der Waals surface area (Å²) in [6.45, 7) is 0. The molecule has 0 radical (unpaired) electrons. The number of hydrogen-bond donors (Lipinski definition) is 1. The number of halogens is 1. The molecule has 2 aromatic carbocycles. The normalized spacial score (nSPS) is 10.9. The van der Waals surface area contributed by atoms with Crippen molar-refractivity contribution in [3.05, 3.63) is 89.2 Å². The van der Waals surface area contributed by atoms with Gasteiger partial charge in [0.2, 0.25) is 0 Å². The minimum absolute atomic E-state index is 0.00267. The second-order valence-corrected chi connectivity index (χ2v) is 7.53. The zero-order valence-electron chi connectivity index (χ0n) is 16.5. The molecule has 0 atom stereocenters. The Morgan fingerprint density at radius 2 is 1.87 bits per heavy atom. The molecule has 0 saturated carbocycles. The molecule has 30 heavy (non-hydrogen) atoms. The van der Waals surface area contributed by atoms with Crippen molar-refractivity contribution >= 4 is 45.5 Å². The Labute approximate surface area is 180 Å². The smallest absolute Gasteiger partial charge is 0.166 e. The van der Waals surface area contributed by atoms with E-state index >= 15 is 0 Å². The lowest BCUT2D eigenvalue weighted by Gasteiger charge is -2.21. The van der Waals surface area contributed by atoms with E-state index in [-0.39, 0.29) is 5.78 Å². The van der Waals surface area contributed by atoms with Crippen molar-refractivity contribution in [2.45, 2.75) is 12.8 Å². The van der Waals surface area contributed by atoms with E-state index in [1.54, 1.807) is 18.5 Å². The first-order valence-electron chi connectivity index (χ1n) is 9.63. The van der Waals surface area contributed by atoms with Crippen LogP contribution < -0.4 is 10.6 Å². The molecule has 0 aliphatic carbocycles. The number of pyridine rings is 2. The summed E-state index contributed by atoms with van der Waals surface area (Å²) < 4.78 is 0. The molecule has 150 valence electrons. The van der Waals surface area contributed by atoms with E-state index in [1.165, 1.54) is 0 Å². The van der Waals surface area contributed by atoms with E-state index in [4.69, 9.17) is 17.3 Å². The van der Waals surface area contributed by atoms with Gasteiger partial charge in [0.25, 0.3) is 0 Å². The quantitative estimate of drug-likeness (QED) is 0.423. The average molecular weight is 417 g/mol. The van der Waals surface area contributed by atoms with Gasteiger partial charge in [0, 0.05) is 36.9 Å². The van der Waals surface area contributed by atoms with Gasteiger partial charge in [-0.25, -0.2) is 9.97 Å². The van der Waals surface area contributed by atoms with Crippen LogP contribution in [0, 0.1) is 0 Å². The van der Waals surface area contributed by atoms with Crippen molar-refractivity contribution in [3.63, 3.8) is 0 Å². The van der Waals surface area contributed by atoms with Gasteiger partial charge in [-0.15, -0.1) is 0 Å². The van der Waals surface area contributed by atoms with Crippen LogP contribution in [-0.2, 0) is 6.42 Å². The van der Waals surface area contributed by atoms with Gasteiger partial charge >= 0.3 is 0 Å². The first-order chi connectivity index (χ1) is 14.5. The summed E-state index contributed by atoms with van der Waals surface area (Å²) >= 11 is 6.16. The molecule has 0 amide bonds. The van der Waals surface area contributed by atoms with Gasteiger partial charge in [-0.1, -0.05) is 48.0 Å². The van der Waals surface area contributed by atoms with Gasteiger partial charge < -0.3 is 10.6 Å². The summed E-state index contributed by atoms with van der Waals surface area (Å²) in [5.74, 6) is 1.10. The predicted octanol–water partition coefficient (Wildman–Crippen LogP) is 5.45. The molecule has 0 aliphatic heterocycles. The maximum atomic E-state index is 13.1. The lowest BCUT2D eigenvalue weighted by molar-refractivity contribution is 0.0983. The van der Waals surface area contributed by atoms with Gasteiger partial charge in [0.15, 0.2) is 5.78 Å². The van der Waals surface area contributed by atoms with E-state index < -0.39 is 0 Å². The minimum Gasteiger partial charge on any atom is -0.383 e. The highest BCUT2D eigenvalue weighted by atomic mass is 35.5. The Balaban J connectivity index is 1.57. The molecule has 0 bridgehead atoms. The molecule has 2 heterocycles. The minimum atomic E-state index is -0.00267. The van der Waals surface area contributed by atoms with Crippen LogP contribution >= 0.6 is 11.6 Å². The van der Waals surface area contributed by atoms with Crippen LogP contribution in [0.25, 0.3) is 10.8 Å². The Kier molecular flexibility index (Phi) is 5.63. The highest BCUT2D eigenvalue weighted by molar-refractivity contribution is 6.31. The number of aromatic nitrogens is 2. The maximum Gasteiger partial charge on any atom is 0.166 e. The van der Waals surface area contributed by atoms with Crippen LogP contribution in [-0.4, -0.2) is 22.8 Å². The molecule has 2 aromatic heterocycles. The number of carbonyl (C=O) groups is 1. The van der Waals surface area contributed by atoms with Crippen LogP contribution in [0.3, 0.4) is 0 Å². The Hall–Kier alpha value is -3.44. The molecular formula is C24H21ClN4O. The number of carbonyl (C=O) groups excluding carboxylic acids is 1. The molecule has 0 fully saturated rings. The van der Waals surface area contributed by atoms with Crippen LogP contribution in [0.15, 0.2) is 73.1 Å². The summed E-state index contributed by atoms with van der Waals surface area (Å²) in [5, 5.41) is 2.37. The van der Waals surface area contributed by atoms with Crippen molar-refractivity contribution < 1.29 is 4.79 Å². The average Bonchev–Trinajstić information content (AvgIpc) is 2.77. The van der Waals surface area contributed by atoms with Gasteiger partial charge in [-0.05, 0) is 41.6 Å². The van der Waals surface area contributed by atoms with E-state index in [0.717, 1.165) is 22.0 Å². The molecular weight excluding hydrogens is 396 g/mol. The van der Waals surface area contributed by atoms with Gasteiger partial charge in [-0.3, -0.25) is 4.79 Å². The van der Waals surface area contributed by atoms with E-state index in [2.05, 4.69) is 9.97 Å². The third-order valence-corrected chi connectivity index (χ3v) is 5.30. The number of anilines is 3. The molecule has 0 saturated heterocycles. The molecule has 0 spiro atoms. The van der Waals surface area contributed by atoms with Crippen molar-refractivity contribution in [1.82, 2.24) is 9.97 Å². The highest BCUT2D eigenvalue weighted by Crippen LogP contribution is 2.28. The van der Waals surface area contributed by atoms with Crippen LogP contribution in [0.2, 0.25) is 5.02 Å². The number of rotatable bonds is 6. The molecule has 5 nitrogen and oxygen atoms in total. The first-order valence-corrected chi connectivity index (χ1v) is 10.0. The summed E-state index contributed by atoms with van der Waals surface area (Å²) in [4.78, 5) is 23.5. The van der Waals surface area contributed by atoms with Gasteiger partial charge in [0.1, 0.15) is 11.6 Å². The third-order valence-electron chi connectivity index (χ3n) is 5.10. The van der Waals surface area contributed by atoms with Gasteiger partial charge in [-0.2, -0.15) is 0 Å². The number of nitrogen functional groups attached to an aromatic ring is 1. The van der Waals surface area contributed by atoms with Crippen LogP contribution in [0.4, 0.5) is 17.3 Å². The SMILES string of the molecule is CN(c1ccccc1)c1ncc(Cl)cc1C(=O)CCc1ccc2c(N)nccc2c1. The Bertz CT molecular complexity index is 1210. The fraction of sp³-hybridized carbons (Fsp3) is 0.125. The second-order valence-electron chi connectivity index (χ2n) is 7.09. The Morgan fingerprint density at radius 1 is 1.07 bits per heavy atom. The van der Waals surface area contributed by atoms with Crippen molar-refractivity contribution in [1.29, 1.82) is 0 Å². The molecule has 4 aromatic rings. The third kappa shape index (κ3) is 4.11. The number of hydrogen-bond acceptors (Lipinski definition) is 5. The first kappa shape index (κ1) is 19.9. The largest absolute Gasteiger partial charge is 0.383 e. The van der Waals surface area contributed by atoms with Gasteiger partial charge in [0.05, 0.1) is 10.6 Å². The van der Waals surface area contributed by atoms with E-state index in [9.17, 15) is 4.79 Å². The molecule has 2 N–H and O–H groups in total. The lowest BCUT2D eigenvalue weighted by atomic mass is 10.0. The Morgan fingerprint density at radius 3 is 2.67 bits per heavy atom. The molecule has 0 unspecified atom stereocenters. The van der Waals surface area contributed by atoms with Crippen molar-refractivity contribution in [2.75, 3.05) is 17.7 Å². The number of fused-ring (bicyclic) bond motifs is 1. The highest BCUT2D eigenvalue weighted by Gasteiger charge is 2.18. The van der Waals surface area contributed by atoms with Crippen molar-refractivity contribution in [3.8, 4) is 0 Å². The number of nitrogens with zero attached hydrogens (tertiary/aromatic N) is 3. The zero-order chi connectivity index (χ0) is 21.1. The number of ketones is 1. The number of para-hydroxylation sites is 1. The number of nitrogens with two attached hydrogens (primary N) is 1. The number of Topliss-reactive ketones (excluding diaryl/α,β-unsaturated/α-hetero) is 1. The van der Waals surface area contributed by atoms with E-state index in [0.29, 0.717) is 35.1 Å². The lowest BCUT2D eigenvalue weighted by Crippen LogP contribution is -2.16. The summed E-state index contributed by atoms with van der Waals surface area (Å²) in [6, 6.07) is 19.4. The molecule has 4 rings (SSSR count). The van der Waals surface area contributed by atoms with E-state index in [1.807, 2.05) is 66.5 Å². The van der Waals surface area contributed by atoms with Crippen molar-refractivity contribution in [2.24, 2.45) is 0 Å². The monoisotopic (exact) mass is 416 g/mol. The number of aryl methyl sites for hydroxylation is 1. The zero-order valence-corrected chi connectivity index (χ0v) is 17.3. The maximum absolute atomic E-state index is 13.1. The topological polar surface area (TPSA) is 72.1 Å². The number of benzene rings is 2. The van der Waals surface area contributed by atoms with Crippen LogP contribution in [0.1, 0.15) is 22.3 Å². The second kappa shape index (κ2) is 8.51.